The van der Waals surface area contributed by atoms with Gasteiger partial charge in [0.05, 0.1) is 13.8 Å². The number of Topliss-reactive ketones (excluding diaryl/α,β-unsaturated/α-hetero) is 1. The minimum Gasteiger partial charge on any atom is -0.541 e. The molecule has 0 bridgehead atoms. The predicted octanol–water partition coefficient (Wildman–Crippen LogP) is 5.32. The Bertz CT molecular complexity index is 759. The SMILES string of the molecule is COc1cc2c(cc1O[Si](C)(C)C(C)(C)C)[C@@H]1CC(=O)[C@@H](CCCF)CN1CC2. The fraction of sp³-hybridized carbons (Fsp3) is 0.696. The van der Waals surface area contributed by atoms with Crippen LogP contribution in [0.1, 0.15) is 57.2 Å². The van der Waals surface area contributed by atoms with E-state index in [0.29, 0.717) is 19.3 Å². The molecule has 2 atom stereocenters. The standard InChI is InChI=1S/C23H36FNO3Si/c1-23(2,3)29(5,6)28-22-13-18-16(12-21(22)27-4)9-11-25-15-17(8-7-10-24)20(26)14-19(18)25/h12-13,17,19H,7-11,14-15H2,1-6H3/t17-,19-/m0/s1. The van der Waals surface area contributed by atoms with Crippen molar-refractivity contribution in [3.8, 4) is 11.5 Å². The number of ketones is 1. The number of hydrogen-bond acceptors (Lipinski definition) is 4. The van der Waals surface area contributed by atoms with Gasteiger partial charge in [0.25, 0.3) is 8.32 Å². The quantitative estimate of drug-likeness (QED) is 0.583. The van der Waals surface area contributed by atoms with Crippen LogP contribution in [-0.2, 0) is 11.2 Å². The Morgan fingerprint density at radius 1 is 1.24 bits per heavy atom. The maximum absolute atomic E-state index is 12.7. The maximum Gasteiger partial charge on any atom is 0.250 e. The van der Waals surface area contributed by atoms with Gasteiger partial charge in [0.1, 0.15) is 11.5 Å². The Morgan fingerprint density at radius 2 is 1.97 bits per heavy atom. The van der Waals surface area contributed by atoms with Crippen molar-refractivity contribution in [1.29, 1.82) is 0 Å². The van der Waals surface area contributed by atoms with Crippen molar-refractivity contribution in [2.45, 2.75) is 70.6 Å². The number of carbonyl (C=O) groups is 1. The molecule has 3 rings (SSSR count). The average molecular weight is 422 g/mol. The molecule has 0 aliphatic carbocycles. The monoisotopic (exact) mass is 421 g/mol. The minimum absolute atomic E-state index is 0.0234. The summed E-state index contributed by atoms with van der Waals surface area (Å²) in [5.74, 6) is 1.83. The summed E-state index contributed by atoms with van der Waals surface area (Å²) < 4.78 is 24.9. The van der Waals surface area contributed by atoms with Gasteiger partial charge in [-0.3, -0.25) is 14.1 Å². The lowest BCUT2D eigenvalue weighted by atomic mass is 9.81. The van der Waals surface area contributed by atoms with Crippen molar-refractivity contribution in [1.82, 2.24) is 4.90 Å². The molecule has 0 unspecified atom stereocenters. The summed E-state index contributed by atoms with van der Waals surface area (Å²) in [6, 6.07) is 4.33. The van der Waals surface area contributed by atoms with Crippen LogP contribution < -0.4 is 9.16 Å². The smallest absolute Gasteiger partial charge is 0.250 e. The number of benzene rings is 1. The minimum atomic E-state index is -2.02. The third kappa shape index (κ3) is 4.53. The van der Waals surface area contributed by atoms with Gasteiger partial charge in [-0.25, -0.2) is 0 Å². The first kappa shape index (κ1) is 22.3. The molecule has 0 radical (unpaired) electrons. The van der Waals surface area contributed by atoms with E-state index >= 15 is 0 Å². The van der Waals surface area contributed by atoms with Gasteiger partial charge < -0.3 is 9.16 Å². The molecule has 1 fully saturated rings. The molecule has 0 aromatic heterocycles. The maximum atomic E-state index is 12.7. The summed E-state index contributed by atoms with van der Waals surface area (Å²) in [5, 5.41) is 0.0877. The largest absolute Gasteiger partial charge is 0.541 e. The van der Waals surface area contributed by atoms with E-state index in [9.17, 15) is 9.18 Å². The molecule has 6 heteroatoms. The second-order valence-corrected chi connectivity index (χ2v) is 14.7. The van der Waals surface area contributed by atoms with Crippen molar-refractivity contribution >= 4 is 14.1 Å². The van der Waals surface area contributed by atoms with E-state index in [1.807, 2.05) is 0 Å². The summed E-state index contributed by atoms with van der Waals surface area (Å²) in [7, 11) is -0.328. The lowest BCUT2D eigenvalue weighted by Crippen LogP contribution is -2.46. The van der Waals surface area contributed by atoms with Gasteiger partial charge in [-0.15, -0.1) is 0 Å². The molecule has 29 heavy (non-hydrogen) atoms. The third-order valence-corrected chi connectivity index (χ3v) is 11.4. The first-order valence-corrected chi connectivity index (χ1v) is 13.7. The van der Waals surface area contributed by atoms with Crippen LogP contribution in [0, 0.1) is 5.92 Å². The van der Waals surface area contributed by atoms with Gasteiger partial charge in [-0.1, -0.05) is 20.8 Å². The summed E-state index contributed by atoms with van der Waals surface area (Å²) in [6.45, 7) is 12.5. The lowest BCUT2D eigenvalue weighted by Gasteiger charge is -2.43. The highest BCUT2D eigenvalue weighted by molar-refractivity contribution is 6.74. The molecule has 2 heterocycles. The number of methoxy groups -OCH3 is 1. The molecule has 4 nitrogen and oxygen atoms in total. The molecule has 0 spiro atoms. The molecule has 0 N–H and O–H groups in total. The third-order valence-electron chi connectivity index (χ3n) is 7.06. The van der Waals surface area contributed by atoms with Crippen molar-refractivity contribution in [3.63, 3.8) is 0 Å². The highest BCUT2D eigenvalue weighted by atomic mass is 28.4. The van der Waals surface area contributed by atoms with Gasteiger partial charge in [0, 0.05) is 31.5 Å². The molecule has 1 saturated heterocycles. The number of hydrogen-bond donors (Lipinski definition) is 0. The first-order valence-electron chi connectivity index (χ1n) is 10.8. The van der Waals surface area contributed by atoms with Gasteiger partial charge in [-0.05, 0) is 60.7 Å². The molecule has 0 saturated carbocycles. The number of rotatable bonds is 6. The number of carbonyl (C=O) groups excluding carboxylic acids is 1. The molecule has 0 amide bonds. The van der Waals surface area contributed by atoms with Crippen LogP contribution in [0.15, 0.2) is 12.1 Å². The van der Waals surface area contributed by atoms with Crippen molar-refractivity contribution < 1.29 is 18.3 Å². The van der Waals surface area contributed by atoms with Crippen LogP contribution in [0.25, 0.3) is 0 Å². The van der Waals surface area contributed by atoms with Crippen LogP contribution in [-0.4, -0.2) is 45.9 Å². The van der Waals surface area contributed by atoms with E-state index in [4.69, 9.17) is 9.16 Å². The van der Waals surface area contributed by atoms with Gasteiger partial charge in [-0.2, -0.15) is 0 Å². The Balaban J connectivity index is 1.90. The number of halogens is 1. The number of piperidine rings is 1. The molecule has 1 aromatic carbocycles. The van der Waals surface area contributed by atoms with Gasteiger partial charge in [0.15, 0.2) is 5.75 Å². The zero-order chi connectivity index (χ0) is 21.4. The molecular weight excluding hydrogens is 385 g/mol. The summed E-state index contributed by atoms with van der Waals surface area (Å²) in [6.07, 6.45) is 2.59. The molecular formula is C23H36FNO3Si. The Hall–Kier alpha value is -1.40. The highest BCUT2D eigenvalue weighted by Crippen LogP contribution is 2.45. The Kier molecular flexibility index (Phi) is 6.44. The van der Waals surface area contributed by atoms with Crippen LogP contribution in [0.2, 0.25) is 18.1 Å². The van der Waals surface area contributed by atoms with E-state index < -0.39 is 8.32 Å². The molecule has 162 valence electrons. The Labute approximate surface area is 175 Å². The van der Waals surface area contributed by atoms with Gasteiger partial charge >= 0.3 is 0 Å². The summed E-state index contributed by atoms with van der Waals surface area (Å²) in [4.78, 5) is 15.1. The Morgan fingerprint density at radius 3 is 2.59 bits per heavy atom. The second-order valence-electron chi connectivity index (χ2n) is 10.0. The fourth-order valence-corrected chi connectivity index (χ4v) is 5.22. The van der Waals surface area contributed by atoms with Crippen LogP contribution in [0.4, 0.5) is 4.39 Å². The fourth-order valence-electron chi connectivity index (χ4n) is 4.20. The average Bonchev–Trinajstić information content (AvgIpc) is 2.64. The zero-order valence-corrected chi connectivity index (χ0v) is 19.8. The van der Waals surface area contributed by atoms with Crippen LogP contribution >= 0.6 is 0 Å². The van der Waals surface area contributed by atoms with Crippen molar-refractivity contribution in [2.75, 3.05) is 26.9 Å². The van der Waals surface area contributed by atoms with E-state index in [0.717, 1.165) is 31.0 Å². The topological polar surface area (TPSA) is 38.8 Å². The van der Waals surface area contributed by atoms with Crippen molar-refractivity contribution in [3.05, 3.63) is 23.3 Å². The molecule has 2 aliphatic heterocycles. The summed E-state index contributed by atoms with van der Waals surface area (Å²) >= 11 is 0. The van der Waals surface area contributed by atoms with Gasteiger partial charge in [0.2, 0.25) is 0 Å². The number of fused-ring (bicyclic) bond motifs is 3. The number of ether oxygens (including phenoxy) is 1. The lowest BCUT2D eigenvalue weighted by molar-refractivity contribution is -0.129. The summed E-state index contributed by atoms with van der Waals surface area (Å²) in [5.41, 5.74) is 2.45. The van der Waals surface area contributed by atoms with E-state index in [1.165, 1.54) is 11.1 Å². The van der Waals surface area contributed by atoms with E-state index in [-0.39, 0.29) is 29.5 Å². The van der Waals surface area contributed by atoms with Crippen molar-refractivity contribution in [2.24, 2.45) is 5.92 Å². The van der Waals surface area contributed by atoms with Crippen LogP contribution in [0.3, 0.4) is 0 Å². The molecule has 2 aliphatic rings. The zero-order valence-electron chi connectivity index (χ0n) is 18.8. The number of alkyl halides is 1. The van der Waals surface area contributed by atoms with E-state index in [2.05, 4.69) is 50.9 Å². The number of nitrogens with zero attached hydrogens (tertiary/aromatic N) is 1. The van der Waals surface area contributed by atoms with E-state index in [1.54, 1.807) is 7.11 Å². The van der Waals surface area contributed by atoms with Crippen LogP contribution in [0.5, 0.6) is 11.5 Å². The second kappa shape index (κ2) is 8.38. The normalized spacial score (nSPS) is 22.8. The first-order chi connectivity index (χ1) is 13.6. The molecule has 1 aromatic rings. The predicted molar refractivity (Wildman–Crippen MR) is 117 cm³/mol. The highest BCUT2D eigenvalue weighted by Gasteiger charge is 2.41.